The molecule has 1 atom stereocenters. The Labute approximate surface area is 178 Å². The minimum atomic E-state index is -2.82. The van der Waals surface area contributed by atoms with E-state index in [2.05, 4.69) is 34.9 Å². The molecular weight excluding hydrogens is 398 g/mol. The lowest BCUT2D eigenvalue weighted by molar-refractivity contribution is 0.198. The average molecular weight is 426 g/mol. The summed E-state index contributed by atoms with van der Waals surface area (Å²) in [6.07, 6.45) is 0.461. The topological polar surface area (TPSA) is 80.1 Å². The molecule has 2 aromatic carbocycles. The zero-order valence-electron chi connectivity index (χ0n) is 17.0. The summed E-state index contributed by atoms with van der Waals surface area (Å²) < 4.78 is 21.4. The van der Waals surface area contributed by atoms with Crippen LogP contribution in [-0.2, 0) is 6.54 Å². The van der Waals surface area contributed by atoms with Gasteiger partial charge in [-0.1, -0.05) is 36.4 Å². The van der Waals surface area contributed by atoms with Gasteiger partial charge in [-0.05, 0) is 30.5 Å². The Morgan fingerprint density at radius 1 is 1.03 bits per heavy atom. The van der Waals surface area contributed by atoms with Crippen LogP contribution in [0.5, 0.6) is 0 Å². The summed E-state index contributed by atoms with van der Waals surface area (Å²) in [6, 6.07) is 15.9. The number of pyridine rings is 1. The van der Waals surface area contributed by atoms with Crippen LogP contribution in [0.2, 0.25) is 0 Å². The lowest BCUT2D eigenvalue weighted by atomic mass is 10.1. The maximum atomic E-state index is 10.7. The predicted molar refractivity (Wildman–Crippen MR) is 123 cm³/mol. The predicted octanol–water partition coefficient (Wildman–Crippen LogP) is 4.24. The number of fused-ring (bicyclic) bond motifs is 2. The van der Waals surface area contributed by atoms with Crippen LogP contribution in [0.15, 0.2) is 53.4 Å². The number of aryl methyl sites for hydroxylation is 1. The molecule has 1 saturated heterocycles. The van der Waals surface area contributed by atoms with Gasteiger partial charge >= 0.3 is 0 Å². The van der Waals surface area contributed by atoms with E-state index < -0.39 is 10.6 Å². The first-order valence-electron chi connectivity index (χ1n) is 10.3. The highest BCUT2D eigenvalue weighted by molar-refractivity contribution is 8.24. The van der Waals surface area contributed by atoms with Gasteiger partial charge in [0.2, 0.25) is 0 Å². The van der Waals surface area contributed by atoms with Crippen LogP contribution < -0.4 is 9.80 Å². The summed E-state index contributed by atoms with van der Waals surface area (Å²) in [5.41, 5.74) is 4.07. The average Bonchev–Trinajstić information content (AvgIpc) is 3.11. The van der Waals surface area contributed by atoms with Gasteiger partial charge in [-0.2, -0.15) is 10.6 Å². The molecule has 3 N–H and O–H groups in total. The number of hydrogen-bond donors (Lipinski definition) is 3. The molecule has 0 aliphatic carbocycles. The Bertz CT molecular complexity index is 1100. The van der Waals surface area contributed by atoms with Crippen molar-refractivity contribution in [1.29, 1.82) is 0 Å². The van der Waals surface area contributed by atoms with Crippen molar-refractivity contribution in [3.8, 4) is 0 Å². The molecule has 158 valence electrons. The summed E-state index contributed by atoms with van der Waals surface area (Å²) in [6.45, 7) is 4.60. The molecule has 2 aliphatic heterocycles. The van der Waals surface area contributed by atoms with Crippen LogP contribution in [0.4, 0.5) is 11.5 Å². The second-order valence-corrected chi connectivity index (χ2v) is 10.4. The molecule has 2 aliphatic rings. The first-order valence-corrected chi connectivity index (χ1v) is 12.1. The highest BCUT2D eigenvalue weighted by Gasteiger charge is 2.28. The zero-order valence-corrected chi connectivity index (χ0v) is 17.8. The molecule has 6 nitrogen and oxygen atoms in total. The summed E-state index contributed by atoms with van der Waals surface area (Å²) >= 11 is 0. The van der Waals surface area contributed by atoms with Crippen molar-refractivity contribution in [2.75, 3.05) is 35.2 Å². The first-order chi connectivity index (χ1) is 14.4. The van der Waals surface area contributed by atoms with E-state index in [1.54, 1.807) is 0 Å². The highest BCUT2D eigenvalue weighted by Crippen LogP contribution is 2.51. The molecule has 3 aromatic rings. The van der Waals surface area contributed by atoms with Gasteiger partial charge < -0.3 is 14.9 Å². The Morgan fingerprint density at radius 2 is 1.87 bits per heavy atom. The second kappa shape index (κ2) is 7.42. The highest BCUT2D eigenvalue weighted by atomic mass is 32.3. The van der Waals surface area contributed by atoms with E-state index in [4.69, 9.17) is 4.98 Å². The van der Waals surface area contributed by atoms with Gasteiger partial charge in [0.05, 0.1) is 22.3 Å². The van der Waals surface area contributed by atoms with E-state index >= 15 is 0 Å². The van der Waals surface area contributed by atoms with Crippen LogP contribution >= 0.6 is 10.6 Å². The number of hydrogen-bond acceptors (Lipinski definition) is 6. The van der Waals surface area contributed by atoms with Crippen molar-refractivity contribution in [1.82, 2.24) is 4.98 Å². The van der Waals surface area contributed by atoms with Crippen LogP contribution in [0, 0.1) is 6.92 Å². The third kappa shape index (κ3) is 3.41. The number of anilines is 2. The molecule has 5 rings (SSSR count). The molecule has 0 unspecified atom stereocenters. The van der Waals surface area contributed by atoms with E-state index in [1.165, 1.54) is 0 Å². The van der Waals surface area contributed by atoms with Crippen molar-refractivity contribution in [3.05, 3.63) is 59.7 Å². The van der Waals surface area contributed by atoms with E-state index in [9.17, 15) is 14.2 Å². The smallest absolute Gasteiger partial charge is 0.131 e. The first kappa shape index (κ1) is 19.6. The summed E-state index contributed by atoms with van der Waals surface area (Å²) in [7, 11) is -2.82. The minimum absolute atomic E-state index is 0.287. The number of aromatic nitrogens is 1. The number of nitrogens with zero attached hydrogens (tertiary/aromatic N) is 3. The number of aliphatic hydroxyl groups excluding tert-OH is 1. The van der Waals surface area contributed by atoms with Crippen molar-refractivity contribution in [2.24, 2.45) is 0 Å². The Kier molecular flexibility index (Phi) is 4.86. The number of benzene rings is 2. The lowest BCUT2D eigenvalue weighted by Gasteiger charge is -2.32. The molecular formula is C23H27N3O3S. The molecule has 30 heavy (non-hydrogen) atoms. The van der Waals surface area contributed by atoms with Crippen LogP contribution in [0.25, 0.3) is 10.9 Å². The fraction of sp³-hybridized carbons (Fsp3) is 0.348. The Morgan fingerprint density at radius 3 is 2.67 bits per heavy atom. The van der Waals surface area contributed by atoms with Gasteiger partial charge in [0.25, 0.3) is 0 Å². The van der Waals surface area contributed by atoms with Gasteiger partial charge in [0, 0.05) is 43.3 Å². The van der Waals surface area contributed by atoms with Gasteiger partial charge in [-0.15, -0.1) is 0 Å². The summed E-state index contributed by atoms with van der Waals surface area (Å²) in [5, 5.41) is 11.2. The molecule has 0 amide bonds. The lowest BCUT2D eigenvalue weighted by Crippen LogP contribution is -2.27. The molecule has 0 bridgehead atoms. The van der Waals surface area contributed by atoms with Crippen molar-refractivity contribution in [2.45, 2.75) is 30.9 Å². The quantitative estimate of drug-likeness (QED) is 0.570. The van der Waals surface area contributed by atoms with Crippen LogP contribution in [0.3, 0.4) is 0 Å². The summed E-state index contributed by atoms with van der Waals surface area (Å²) in [4.78, 5) is 10.0. The Hall–Kier alpha value is -2.32. The maximum absolute atomic E-state index is 10.7. The summed E-state index contributed by atoms with van der Waals surface area (Å²) in [5.74, 6) is 1.12. The standard InChI is InChI=1S/C23H27N3O3S/c1-16-5-4-7-19-20(25-10-9-18(27)15-25)13-22(24-23(16)19)26-11-12-30(28,29)21-8-3-2-6-17(21)14-26/h2-8,13,18,27-29H,9-12,14-15H2,1H3/t18-/m0/s1. The SMILES string of the molecule is Cc1cccc2c(N3CC[C@H](O)C3)cc(N3CCS(O)(O)c4ccccc4C3)nc12. The van der Waals surface area contributed by atoms with Crippen molar-refractivity contribution in [3.63, 3.8) is 0 Å². The molecule has 3 heterocycles. The molecule has 0 radical (unpaired) electrons. The fourth-order valence-corrected chi connectivity index (χ4v) is 6.07. The number of β-amino-alcohol motifs (C(OH)–C–C–N with tert-alkyl or cyclic N) is 1. The zero-order chi connectivity index (χ0) is 20.9. The molecule has 1 fully saturated rings. The normalized spacial score (nSPS) is 22.1. The molecule has 1 aromatic heterocycles. The van der Waals surface area contributed by atoms with Crippen molar-refractivity contribution < 1.29 is 14.2 Å². The Balaban J connectivity index is 1.62. The van der Waals surface area contributed by atoms with E-state index in [0.717, 1.165) is 46.5 Å². The third-order valence-electron chi connectivity index (χ3n) is 6.17. The maximum Gasteiger partial charge on any atom is 0.131 e. The van der Waals surface area contributed by atoms with Crippen LogP contribution in [0.1, 0.15) is 17.5 Å². The molecule has 7 heteroatoms. The van der Waals surface area contributed by atoms with Crippen LogP contribution in [-0.4, -0.2) is 50.7 Å². The third-order valence-corrected chi connectivity index (χ3v) is 8.02. The van der Waals surface area contributed by atoms with E-state index in [-0.39, 0.29) is 11.9 Å². The van der Waals surface area contributed by atoms with E-state index in [0.29, 0.717) is 24.5 Å². The second-order valence-electron chi connectivity index (χ2n) is 8.26. The largest absolute Gasteiger partial charge is 0.391 e. The fourth-order valence-electron chi connectivity index (χ4n) is 4.53. The number of aliphatic hydroxyl groups is 1. The van der Waals surface area contributed by atoms with E-state index in [1.807, 2.05) is 30.3 Å². The van der Waals surface area contributed by atoms with Gasteiger partial charge in [0.1, 0.15) is 5.82 Å². The monoisotopic (exact) mass is 425 g/mol. The van der Waals surface area contributed by atoms with Gasteiger partial charge in [-0.25, -0.2) is 4.98 Å². The number of rotatable bonds is 2. The molecule has 0 spiro atoms. The number of para-hydroxylation sites is 1. The molecule has 0 saturated carbocycles. The van der Waals surface area contributed by atoms with Crippen molar-refractivity contribution >= 4 is 33.0 Å². The van der Waals surface area contributed by atoms with Gasteiger partial charge in [-0.3, -0.25) is 9.11 Å². The van der Waals surface area contributed by atoms with Gasteiger partial charge in [0.15, 0.2) is 0 Å². The minimum Gasteiger partial charge on any atom is -0.391 e.